The van der Waals surface area contributed by atoms with Crippen LogP contribution in [0, 0.1) is 17.8 Å². The zero-order valence-electron chi connectivity index (χ0n) is 11.8. The Balaban J connectivity index is 1.67. The first-order valence-electron chi connectivity index (χ1n) is 7.91. The number of rotatable bonds is 5. The molecule has 0 aromatic rings. The molecule has 4 heteroatoms. The van der Waals surface area contributed by atoms with E-state index in [4.69, 9.17) is 0 Å². The Labute approximate surface area is 115 Å². The van der Waals surface area contributed by atoms with Crippen molar-refractivity contribution in [3.8, 4) is 0 Å². The summed E-state index contributed by atoms with van der Waals surface area (Å²) in [5, 5.41) is 12.4. The standard InChI is InChI=1S/C15H26N2O2/c1-2-16-13(15(18)19)9-11-3-4-12-10-5-7-17(8-6-10)14(11)12/h10-14,16H,2-9H2,1H3,(H,18,19). The highest BCUT2D eigenvalue weighted by atomic mass is 16.4. The first-order chi connectivity index (χ1) is 9.20. The zero-order chi connectivity index (χ0) is 13.4. The molecule has 4 nitrogen and oxygen atoms in total. The summed E-state index contributed by atoms with van der Waals surface area (Å²) in [6.07, 6.45) is 6.13. The Morgan fingerprint density at radius 1 is 1.32 bits per heavy atom. The number of carboxylic acids is 1. The van der Waals surface area contributed by atoms with Crippen LogP contribution >= 0.6 is 0 Å². The second-order valence-corrected chi connectivity index (χ2v) is 6.55. The lowest BCUT2D eigenvalue weighted by atomic mass is 9.73. The first kappa shape index (κ1) is 13.4. The third kappa shape index (κ3) is 2.40. The van der Waals surface area contributed by atoms with E-state index >= 15 is 0 Å². The number of likely N-dealkylation sites (N-methyl/N-ethyl adjacent to an activating group) is 1. The molecule has 3 saturated heterocycles. The molecule has 1 saturated carbocycles. The van der Waals surface area contributed by atoms with E-state index in [2.05, 4.69) is 10.2 Å². The fraction of sp³-hybridized carbons (Fsp3) is 0.933. The number of nitrogens with one attached hydrogen (secondary N) is 1. The summed E-state index contributed by atoms with van der Waals surface area (Å²) in [7, 11) is 0. The van der Waals surface area contributed by atoms with Crippen LogP contribution < -0.4 is 5.32 Å². The normalized spacial score (nSPS) is 42.1. The summed E-state index contributed by atoms with van der Waals surface area (Å²) in [5.41, 5.74) is 0. The first-order valence-corrected chi connectivity index (χ1v) is 7.91. The van der Waals surface area contributed by atoms with Crippen molar-refractivity contribution in [2.24, 2.45) is 17.8 Å². The highest BCUT2D eigenvalue weighted by molar-refractivity contribution is 5.73. The zero-order valence-corrected chi connectivity index (χ0v) is 11.8. The van der Waals surface area contributed by atoms with E-state index < -0.39 is 5.97 Å². The minimum atomic E-state index is -0.679. The molecule has 1 aliphatic carbocycles. The number of carbonyl (C=O) groups is 1. The van der Waals surface area contributed by atoms with Gasteiger partial charge in [-0.15, -0.1) is 0 Å². The molecule has 19 heavy (non-hydrogen) atoms. The Morgan fingerprint density at radius 3 is 2.68 bits per heavy atom. The minimum Gasteiger partial charge on any atom is -0.480 e. The van der Waals surface area contributed by atoms with Crippen molar-refractivity contribution in [3.05, 3.63) is 0 Å². The second-order valence-electron chi connectivity index (χ2n) is 6.55. The van der Waals surface area contributed by atoms with Crippen LogP contribution in [0.5, 0.6) is 0 Å². The molecular weight excluding hydrogens is 240 g/mol. The van der Waals surface area contributed by atoms with Gasteiger partial charge in [0.1, 0.15) is 6.04 Å². The fourth-order valence-electron chi connectivity index (χ4n) is 4.90. The summed E-state index contributed by atoms with van der Waals surface area (Å²) in [6.45, 7) is 5.23. The van der Waals surface area contributed by atoms with Crippen LogP contribution in [0.2, 0.25) is 0 Å². The number of fused-ring (bicyclic) bond motifs is 2. The highest BCUT2D eigenvalue weighted by Crippen LogP contribution is 2.49. The maximum absolute atomic E-state index is 11.3. The molecule has 4 unspecified atom stereocenters. The average molecular weight is 266 g/mol. The molecule has 3 heterocycles. The molecule has 0 amide bonds. The smallest absolute Gasteiger partial charge is 0.320 e. The summed E-state index contributed by atoms with van der Waals surface area (Å²) in [6, 6.07) is 0.336. The van der Waals surface area contributed by atoms with Crippen molar-refractivity contribution >= 4 is 5.97 Å². The van der Waals surface area contributed by atoms with Crippen molar-refractivity contribution in [3.63, 3.8) is 0 Å². The Hall–Kier alpha value is -0.610. The molecule has 4 atom stereocenters. The number of piperidine rings is 3. The lowest BCUT2D eigenvalue weighted by Crippen LogP contribution is -2.55. The van der Waals surface area contributed by atoms with E-state index in [0.29, 0.717) is 12.0 Å². The van der Waals surface area contributed by atoms with Crippen LogP contribution in [0.3, 0.4) is 0 Å². The van der Waals surface area contributed by atoms with Gasteiger partial charge in [0.15, 0.2) is 0 Å². The number of aliphatic carboxylic acids is 1. The summed E-state index contributed by atoms with van der Waals surface area (Å²) < 4.78 is 0. The molecule has 0 aromatic carbocycles. The maximum Gasteiger partial charge on any atom is 0.320 e. The van der Waals surface area contributed by atoms with Crippen LogP contribution in [0.15, 0.2) is 0 Å². The van der Waals surface area contributed by atoms with Crippen molar-refractivity contribution in [2.75, 3.05) is 19.6 Å². The molecule has 4 aliphatic rings. The number of nitrogens with zero attached hydrogens (tertiary/aromatic N) is 1. The number of hydrogen-bond acceptors (Lipinski definition) is 3. The molecule has 2 N–H and O–H groups in total. The van der Waals surface area contributed by atoms with Gasteiger partial charge in [-0.25, -0.2) is 0 Å². The molecule has 0 spiro atoms. The lowest BCUT2D eigenvalue weighted by molar-refractivity contribution is -0.140. The Morgan fingerprint density at radius 2 is 2.05 bits per heavy atom. The predicted molar refractivity (Wildman–Crippen MR) is 74.0 cm³/mol. The highest BCUT2D eigenvalue weighted by Gasteiger charge is 2.49. The predicted octanol–water partition coefficient (Wildman–Crippen LogP) is 1.56. The van der Waals surface area contributed by atoms with Crippen molar-refractivity contribution in [1.29, 1.82) is 0 Å². The number of hydrogen-bond donors (Lipinski definition) is 2. The van der Waals surface area contributed by atoms with E-state index in [-0.39, 0.29) is 6.04 Å². The molecule has 3 aliphatic heterocycles. The quantitative estimate of drug-likeness (QED) is 0.793. The molecule has 4 rings (SSSR count). The molecule has 4 fully saturated rings. The Kier molecular flexibility index (Phi) is 3.81. The maximum atomic E-state index is 11.3. The average Bonchev–Trinajstić information content (AvgIpc) is 2.85. The van der Waals surface area contributed by atoms with E-state index in [1.165, 1.54) is 38.8 Å². The van der Waals surface area contributed by atoms with Crippen LogP contribution in [-0.4, -0.2) is 47.7 Å². The Bertz CT molecular complexity index is 339. The van der Waals surface area contributed by atoms with Gasteiger partial charge in [-0.05, 0) is 69.5 Å². The largest absolute Gasteiger partial charge is 0.480 e. The second kappa shape index (κ2) is 5.41. The van der Waals surface area contributed by atoms with Gasteiger partial charge in [0.2, 0.25) is 0 Å². The van der Waals surface area contributed by atoms with Crippen molar-refractivity contribution in [2.45, 2.75) is 51.1 Å². The molecule has 2 bridgehead atoms. The van der Waals surface area contributed by atoms with Gasteiger partial charge in [-0.3, -0.25) is 9.69 Å². The van der Waals surface area contributed by atoms with E-state index in [1.807, 2.05) is 6.92 Å². The lowest BCUT2D eigenvalue weighted by Gasteiger charge is -2.50. The third-order valence-electron chi connectivity index (χ3n) is 5.68. The van der Waals surface area contributed by atoms with Crippen LogP contribution in [0.1, 0.15) is 39.0 Å². The molecular formula is C15H26N2O2. The molecule has 0 radical (unpaired) electrons. The fourth-order valence-corrected chi connectivity index (χ4v) is 4.90. The van der Waals surface area contributed by atoms with Gasteiger partial charge >= 0.3 is 5.97 Å². The third-order valence-corrected chi connectivity index (χ3v) is 5.68. The van der Waals surface area contributed by atoms with Crippen LogP contribution in [0.4, 0.5) is 0 Å². The van der Waals surface area contributed by atoms with Crippen molar-refractivity contribution in [1.82, 2.24) is 10.2 Å². The van der Waals surface area contributed by atoms with Gasteiger partial charge in [-0.1, -0.05) is 6.92 Å². The SMILES string of the molecule is CCNC(CC1CCC2C3CCN(CC3)C12)C(=O)O. The van der Waals surface area contributed by atoms with Crippen molar-refractivity contribution < 1.29 is 9.90 Å². The van der Waals surface area contributed by atoms with Gasteiger partial charge < -0.3 is 10.4 Å². The van der Waals surface area contributed by atoms with E-state index in [1.54, 1.807) is 0 Å². The van der Waals surface area contributed by atoms with Gasteiger partial charge in [0, 0.05) is 6.04 Å². The minimum absolute atomic E-state index is 0.351. The van der Waals surface area contributed by atoms with Gasteiger partial charge in [0.05, 0.1) is 0 Å². The molecule has 0 aromatic heterocycles. The van der Waals surface area contributed by atoms with Gasteiger partial charge in [0.25, 0.3) is 0 Å². The summed E-state index contributed by atoms with van der Waals surface area (Å²) >= 11 is 0. The van der Waals surface area contributed by atoms with E-state index in [9.17, 15) is 9.90 Å². The monoisotopic (exact) mass is 266 g/mol. The van der Waals surface area contributed by atoms with Crippen LogP contribution in [0.25, 0.3) is 0 Å². The number of carboxylic acid groups (broad SMARTS) is 1. The van der Waals surface area contributed by atoms with E-state index in [0.717, 1.165) is 24.8 Å². The van der Waals surface area contributed by atoms with Crippen LogP contribution in [-0.2, 0) is 4.79 Å². The topological polar surface area (TPSA) is 52.6 Å². The summed E-state index contributed by atoms with van der Waals surface area (Å²) in [5.74, 6) is 1.71. The van der Waals surface area contributed by atoms with Gasteiger partial charge in [-0.2, -0.15) is 0 Å². The summed E-state index contributed by atoms with van der Waals surface area (Å²) in [4.78, 5) is 14.0. The molecule has 108 valence electrons.